The van der Waals surface area contributed by atoms with E-state index in [0.717, 1.165) is 36.8 Å². The van der Waals surface area contributed by atoms with E-state index in [1.54, 1.807) is 42.9 Å². The van der Waals surface area contributed by atoms with Crippen molar-refractivity contribution < 1.29 is 19.4 Å². The molecule has 0 unspecified atom stereocenters. The van der Waals surface area contributed by atoms with Gasteiger partial charge in [0.25, 0.3) is 5.91 Å². The number of halogens is 1. The highest BCUT2D eigenvalue weighted by molar-refractivity contribution is 6.33. The average Bonchev–Trinajstić information content (AvgIpc) is 3.33. The number of hydrogen-bond acceptors (Lipinski definition) is 7. The fourth-order valence-corrected chi connectivity index (χ4v) is 4.65. The van der Waals surface area contributed by atoms with Crippen LogP contribution in [0.3, 0.4) is 0 Å². The van der Waals surface area contributed by atoms with Gasteiger partial charge in [0, 0.05) is 42.5 Å². The van der Waals surface area contributed by atoms with Gasteiger partial charge < -0.3 is 15.2 Å². The molecular formula is C27H25ClN6O4. The quantitative estimate of drug-likeness (QED) is 0.322. The molecule has 1 amide bonds. The van der Waals surface area contributed by atoms with Gasteiger partial charge in [-0.1, -0.05) is 29.8 Å². The summed E-state index contributed by atoms with van der Waals surface area (Å²) in [5.41, 5.74) is 2.52. The van der Waals surface area contributed by atoms with Crippen molar-refractivity contribution in [2.45, 2.75) is 38.2 Å². The third kappa shape index (κ3) is 6.15. The second-order valence-electron chi connectivity index (χ2n) is 9.11. The maximum absolute atomic E-state index is 12.8. The van der Waals surface area contributed by atoms with Gasteiger partial charge >= 0.3 is 12.0 Å². The molecule has 3 heterocycles. The molecule has 5 rings (SSSR count). The summed E-state index contributed by atoms with van der Waals surface area (Å²) in [6.07, 6.45) is 10.0. The predicted molar refractivity (Wildman–Crippen MR) is 140 cm³/mol. The monoisotopic (exact) mass is 532 g/mol. The van der Waals surface area contributed by atoms with Crippen LogP contribution in [0.15, 0.2) is 67.3 Å². The van der Waals surface area contributed by atoms with Gasteiger partial charge in [-0.3, -0.25) is 9.59 Å². The van der Waals surface area contributed by atoms with Crippen LogP contribution in [0.1, 0.15) is 42.5 Å². The van der Waals surface area contributed by atoms with Crippen molar-refractivity contribution in [1.29, 1.82) is 0 Å². The first-order chi connectivity index (χ1) is 18.4. The molecule has 1 aliphatic rings. The van der Waals surface area contributed by atoms with Gasteiger partial charge in [-0.15, -0.1) is 0 Å². The summed E-state index contributed by atoms with van der Waals surface area (Å²) in [5, 5.41) is 16.0. The van der Waals surface area contributed by atoms with Crippen molar-refractivity contribution in [1.82, 2.24) is 24.7 Å². The number of anilines is 1. The Morgan fingerprint density at radius 1 is 1.00 bits per heavy atom. The van der Waals surface area contributed by atoms with E-state index < -0.39 is 5.97 Å². The minimum atomic E-state index is -0.748. The van der Waals surface area contributed by atoms with Crippen LogP contribution in [0.4, 0.5) is 5.69 Å². The van der Waals surface area contributed by atoms with Gasteiger partial charge in [0.1, 0.15) is 6.10 Å². The highest BCUT2D eigenvalue weighted by atomic mass is 35.5. The molecule has 0 saturated heterocycles. The number of benzene rings is 1. The zero-order valence-electron chi connectivity index (χ0n) is 20.3. The molecule has 1 aromatic carbocycles. The maximum atomic E-state index is 12.8. The van der Waals surface area contributed by atoms with Crippen LogP contribution in [0.25, 0.3) is 16.9 Å². The molecule has 0 aliphatic heterocycles. The molecule has 1 fully saturated rings. The highest BCUT2D eigenvalue weighted by Crippen LogP contribution is 2.29. The lowest BCUT2D eigenvalue weighted by molar-refractivity contribution is -0.138. The number of nitrogens with one attached hydrogen (secondary N) is 1. The molecule has 11 heteroatoms. The van der Waals surface area contributed by atoms with Gasteiger partial charge in [0.05, 0.1) is 5.56 Å². The van der Waals surface area contributed by atoms with Crippen molar-refractivity contribution in [2.75, 3.05) is 5.32 Å². The van der Waals surface area contributed by atoms with E-state index in [9.17, 15) is 9.59 Å². The second kappa shape index (κ2) is 11.4. The summed E-state index contributed by atoms with van der Waals surface area (Å²) >= 11 is 6.19. The minimum absolute atomic E-state index is 0.00152. The van der Waals surface area contributed by atoms with E-state index in [2.05, 4.69) is 25.4 Å². The number of hydrogen-bond donors (Lipinski definition) is 2. The number of amides is 1. The molecule has 1 saturated carbocycles. The van der Waals surface area contributed by atoms with Gasteiger partial charge in [-0.2, -0.15) is 5.10 Å². The molecular weight excluding hydrogens is 508 g/mol. The van der Waals surface area contributed by atoms with Crippen molar-refractivity contribution in [2.24, 2.45) is 5.92 Å². The largest absolute Gasteiger partial charge is 0.481 e. The number of rotatable bonds is 8. The van der Waals surface area contributed by atoms with Crippen LogP contribution in [0, 0.1) is 5.92 Å². The Labute approximate surface area is 223 Å². The molecule has 0 radical (unpaired) electrons. The van der Waals surface area contributed by atoms with Crippen LogP contribution in [-0.4, -0.2) is 47.8 Å². The summed E-state index contributed by atoms with van der Waals surface area (Å²) in [5.74, 6) is -0.363. The molecule has 2 N–H and O–H groups in total. The number of aliphatic carboxylic acids is 1. The van der Waals surface area contributed by atoms with Crippen molar-refractivity contribution in [3.05, 3.63) is 78.0 Å². The normalized spacial score (nSPS) is 17.1. The number of carbonyl (C=O) groups is 2. The fourth-order valence-electron chi connectivity index (χ4n) is 4.43. The number of nitrogens with zero attached hydrogens (tertiary/aromatic N) is 5. The first kappa shape index (κ1) is 25.3. The number of carboxylic acid groups (broad SMARTS) is 1. The lowest BCUT2D eigenvalue weighted by Gasteiger charge is -2.27. The number of carboxylic acids is 1. The van der Waals surface area contributed by atoms with Crippen LogP contribution in [-0.2, 0) is 4.79 Å². The van der Waals surface area contributed by atoms with Crippen LogP contribution >= 0.6 is 11.6 Å². The Balaban J connectivity index is 1.17. The van der Waals surface area contributed by atoms with Crippen molar-refractivity contribution in [3.8, 4) is 23.0 Å². The van der Waals surface area contributed by atoms with Gasteiger partial charge in [-0.25, -0.2) is 19.6 Å². The van der Waals surface area contributed by atoms with E-state index in [1.807, 2.05) is 18.2 Å². The molecule has 194 valence electrons. The molecule has 3 aromatic heterocycles. The maximum Gasteiger partial charge on any atom is 0.316 e. The van der Waals surface area contributed by atoms with Gasteiger partial charge in [0.2, 0.25) is 0 Å². The number of pyridine rings is 1. The molecule has 38 heavy (non-hydrogen) atoms. The summed E-state index contributed by atoms with van der Waals surface area (Å²) in [4.78, 5) is 36.5. The first-order valence-electron chi connectivity index (χ1n) is 12.2. The highest BCUT2D eigenvalue weighted by Gasteiger charge is 2.24. The smallest absolute Gasteiger partial charge is 0.316 e. The summed E-state index contributed by atoms with van der Waals surface area (Å²) in [6, 6.07) is 13.0. The first-order valence-corrected chi connectivity index (χ1v) is 12.6. The van der Waals surface area contributed by atoms with E-state index in [1.165, 1.54) is 10.9 Å². The van der Waals surface area contributed by atoms with Crippen LogP contribution in [0.2, 0.25) is 5.15 Å². The Morgan fingerprint density at radius 3 is 2.39 bits per heavy atom. The average molecular weight is 533 g/mol. The second-order valence-corrected chi connectivity index (χ2v) is 9.47. The lowest BCUT2D eigenvalue weighted by atomic mass is 9.85. The molecule has 0 atom stereocenters. The van der Waals surface area contributed by atoms with Crippen molar-refractivity contribution >= 4 is 29.2 Å². The molecule has 0 spiro atoms. The molecule has 0 bridgehead atoms. The predicted octanol–water partition coefficient (Wildman–Crippen LogP) is 5.04. The van der Waals surface area contributed by atoms with E-state index >= 15 is 0 Å². The Bertz CT molecular complexity index is 1400. The molecule has 4 aromatic rings. The summed E-state index contributed by atoms with van der Waals surface area (Å²) in [7, 11) is 0. The Kier molecular flexibility index (Phi) is 7.60. The Hall–Kier alpha value is -4.31. The third-order valence-corrected chi connectivity index (χ3v) is 6.71. The fraction of sp³-hybridized carbons (Fsp3) is 0.259. The topological polar surface area (TPSA) is 132 Å². The van der Waals surface area contributed by atoms with Gasteiger partial charge in [0.15, 0.2) is 11.0 Å². The minimum Gasteiger partial charge on any atom is -0.481 e. The van der Waals surface area contributed by atoms with Crippen LogP contribution in [0.5, 0.6) is 6.01 Å². The summed E-state index contributed by atoms with van der Waals surface area (Å²) in [6.45, 7) is 0. The van der Waals surface area contributed by atoms with E-state index in [-0.39, 0.29) is 35.1 Å². The number of aromatic nitrogens is 5. The number of carbonyl (C=O) groups excluding carboxylic acids is 1. The third-order valence-electron chi connectivity index (χ3n) is 6.43. The molecule has 10 nitrogen and oxygen atoms in total. The standard InChI is InChI=1S/C27H25ClN6O4/c28-25-22(16-34(33-25)23-3-1-2-12-29-23)26(37)32-20-8-6-18(7-9-20)19-14-30-27(31-15-19)38-21-10-4-17(5-11-21)13-24(35)36/h1-3,6-9,12,14-17,21H,4-5,10-11,13H2,(H,32,37)(H,35,36). The number of ether oxygens (including phenoxy) is 1. The van der Waals surface area contributed by atoms with E-state index in [0.29, 0.717) is 17.5 Å². The van der Waals surface area contributed by atoms with Gasteiger partial charge in [-0.05, 0) is 61.4 Å². The van der Waals surface area contributed by atoms with E-state index in [4.69, 9.17) is 21.4 Å². The van der Waals surface area contributed by atoms with Crippen LogP contribution < -0.4 is 10.1 Å². The Morgan fingerprint density at radius 2 is 1.74 bits per heavy atom. The SMILES string of the molecule is O=C(O)CC1CCC(Oc2ncc(-c3ccc(NC(=O)c4cn(-c5ccccn5)nc4Cl)cc3)cn2)CC1. The zero-order chi connectivity index (χ0) is 26.5. The molecule has 1 aliphatic carbocycles. The van der Waals surface area contributed by atoms with Crippen molar-refractivity contribution in [3.63, 3.8) is 0 Å². The zero-order valence-corrected chi connectivity index (χ0v) is 21.1. The lowest BCUT2D eigenvalue weighted by Crippen LogP contribution is -2.25. The summed E-state index contributed by atoms with van der Waals surface area (Å²) < 4.78 is 7.36.